The van der Waals surface area contributed by atoms with Crippen LogP contribution in [0.1, 0.15) is 0 Å². The topological polar surface area (TPSA) is 25.6 Å². The van der Waals surface area contributed by atoms with Gasteiger partial charge in [-0.1, -0.05) is 115 Å². The van der Waals surface area contributed by atoms with E-state index in [1.807, 2.05) is 0 Å². The molecule has 3 aliphatic heterocycles. The van der Waals surface area contributed by atoms with E-state index in [9.17, 15) is 0 Å². The fourth-order valence-corrected chi connectivity index (χ4v) is 10.8. The van der Waals surface area contributed by atoms with Crippen LogP contribution in [0.5, 0.6) is 11.5 Å². The number of aromatic nitrogens is 2. The molecule has 0 saturated heterocycles. The molecule has 60 heavy (non-hydrogen) atoms. The van der Waals surface area contributed by atoms with Gasteiger partial charge >= 0.3 is 0 Å². The molecule has 9 aromatic carbocycles. The third-order valence-electron chi connectivity index (χ3n) is 13.0. The molecule has 278 valence electrons. The number of hydrogen-bond acceptors (Lipinski definition) is 3. The van der Waals surface area contributed by atoms with Gasteiger partial charge in [-0.15, -0.1) is 0 Å². The zero-order chi connectivity index (χ0) is 39.1. The van der Waals surface area contributed by atoms with E-state index in [0.717, 1.165) is 78.5 Å². The Morgan fingerprint density at radius 3 is 1.13 bits per heavy atom. The molecule has 0 saturated carbocycles. The molecule has 0 spiro atoms. The van der Waals surface area contributed by atoms with Crippen molar-refractivity contribution in [2.45, 2.75) is 0 Å². The predicted octanol–water partition coefficient (Wildman–Crippen LogP) is 12.1. The Morgan fingerprint density at radius 1 is 0.317 bits per heavy atom. The number of benzene rings is 9. The Balaban J connectivity index is 1.21. The Morgan fingerprint density at radius 2 is 0.700 bits per heavy atom. The zero-order valence-corrected chi connectivity index (χ0v) is 32.3. The van der Waals surface area contributed by atoms with E-state index in [1.165, 1.54) is 38.5 Å². The SMILES string of the molecule is c1ccc(N2c3cccc4c3B3c5c2cc2c(c5Oc5c3c(cc3c5c5ccccc5n3-c3ccccc3)N4c3ccccc3)c3ccccc3n2-c2ccccc2)cc1. The van der Waals surface area contributed by atoms with Gasteiger partial charge in [0.05, 0.1) is 32.8 Å². The maximum atomic E-state index is 7.88. The van der Waals surface area contributed by atoms with E-state index in [4.69, 9.17) is 4.74 Å². The first-order valence-electron chi connectivity index (χ1n) is 20.7. The van der Waals surface area contributed by atoms with Gasteiger partial charge in [0.15, 0.2) is 0 Å². The van der Waals surface area contributed by atoms with Gasteiger partial charge in [0.1, 0.15) is 11.5 Å². The average molecular weight is 765 g/mol. The van der Waals surface area contributed by atoms with Crippen LogP contribution in [0.25, 0.3) is 55.0 Å². The summed E-state index contributed by atoms with van der Waals surface area (Å²) in [5.74, 6) is 1.85. The summed E-state index contributed by atoms with van der Waals surface area (Å²) < 4.78 is 12.7. The second kappa shape index (κ2) is 11.8. The van der Waals surface area contributed by atoms with Crippen molar-refractivity contribution in [3.8, 4) is 22.9 Å². The third kappa shape index (κ3) is 4.07. The first-order valence-corrected chi connectivity index (χ1v) is 20.7. The van der Waals surface area contributed by atoms with Crippen molar-refractivity contribution < 1.29 is 4.74 Å². The number of rotatable bonds is 4. The summed E-state index contributed by atoms with van der Waals surface area (Å²) in [6.45, 7) is -0.0913. The molecule has 0 bridgehead atoms. The van der Waals surface area contributed by atoms with Crippen LogP contribution in [-0.2, 0) is 0 Å². The molecule has 11 aromatic rings. The Labute approximate surface area is 346 Å². The first-order chi connectivity index (χ1) is 29.8. The largest absolute Gasteiger partial charge is 0.457 e. The molecular weight excluding hydrogens is 731 g/mol. The molecule has 0 amide bonds. The highest BCUT2D eigenvalue weighted by Crippen LogP contribution is 2.54. The molecule has 0 atom stereocenters. The lowest BCUT2D eigenvalue weighted by Crippen LogP contribution is -2.63. The van der Waals surface area contributed by atoms with E-state index in [1.54, 1.807) is 0 Å². The summed E-state index contributed by atoms with van der Waals surface area (Å²) in [4.78, 5) is 4.95. The van der Waals surface area contributed by atoms with E-state index in [2.05, 4.69) is 219 Å². The van der Waals surface area contributed by atoms with Gasteiger partial charge < -0.3 is 23.7 Å². The zero-order valence-electron chi connectivity index (χ0n) is 32.3. The molecular formula is C54H33BN4O. The van der Waals surface area contributed by atoms with Crippen LogP contribution in [-0.4, -0.2) is 15.8 Å². The van der Waals surface area contributed by atoms with Gasteiger partial charge in [-0.25, -0.2) is 0 Å². The molecule has 6 heteroatoms. The van der Waals surface area contributed by atoms with Gasteiger partial charge in [0.2, 0.25) is 0 Å². The Bertz CT molecular complexity index is 3350. The fraction of sp³-hybridized carbons (Fsp3) is 0. The molecule has 0 radical (unpaired) electrons. The van der Waals surface area contributed by atoms with Crippen LogP contribution < -0.4 is 30.9 Å². The number of anilines is 6. The van der Waals surface area contributed by atoms with Crippen LogP contribution in [0.15, 0.2) is 200 Å². The summed E-state index contributed by atoms with van der Waals surface area (Å²) in [5.41, 5.74) is 17.3. The highest BCUT2D eigenvalue weighted by molar-refractivity contribution is 7.02. The predicted molar refractivity (Wildman–Crippen MR) is 249 cm³/mol. The normalized spacial score (nSPS) is 13.4. The summed E-state index contributed by atoms with van der Waals surface area (Å²) in [6, 6.07) is 72.5. The highest BCUT2D eigenvalue weighted by Gasteiger charge is 2.50. The molecule has 14 rings (SSSR count). The fourth-order valence-electron chi connectivity index (χ4n) is 10.8. The maximum absolute atomic E-state index is 7.88. The van der Waals surface area contributed by atoms with Crippen molar-refractivity contribution >= 4 is 101 Å². The van der Waals surface area contributed by atoms with Crippen molar-refractivity contribution in [1.82, 2.24) is 9.13 Å². The first kappa shape index (κ1) is 32.1. The standard InChI is InChI=1S/C54H33BN4O/c1-5-18-34(19-6-1)56-40-28-15-13-26-38(40)48-44(56)32-46-51-53(48)60-54-49-39-27-14-16-29-41(39)57(35-20-7-2-8-21-35)45(49)33-47-52(54)55(51)50-42(58(46)36-22-9-3-10-23-36)30-17-31-43(50)59(47)37-24-11-4-12-25-37/h1-33H. The van der Waals surface area contributed by atoms with E-state index in [-0.39, 0.29) is 6.71 Å². The van der Waals surface area contributed by atoms with E-state index >= 15 is 0 Å². The van der Waals surface area contributed by atoms with E-state index < -0.39 is 0 Å². The van der Waals surface area contributed by atoms with Gasteiger partial charge in [-0.2, -0.15) is 0 Å². The molecule has 0 fully saturated rings. The summed E-state index contributed by atoms with van der Waals surface area (Å²) in [5, 5.41) is 4.60. The lowest BCUT2D eigenvalue weighted by atomic mass is 9.32. The van der Waals surface area contributed by atoms with Crippen LogP contribution in [0.2, 0.25) is 0 Å². The molecule has 2 aromatic heterocycles. The summed E-state index contributed by atoms with van der Waals surface area (Å²) >= 11 is 0. The minimum absolute atomic E-state index is 0.0913. The summed E-state index contributed by atoms with van der Waals surface area (Å²) in [7, 11) is 0. The summed E-state index contributed by atoms with van der Waals surface area (Å²) in [6.07, 6.45) is 0. The van der Waals surface area contributed by atoms with Crippen molar-refractivity contribution in [1.29, 1.82) is 0 Å². The van der Waals surface area contributed by atoms with Crippen LogP contribution in [0, 0.1) is 0 Å². The third-order valence-corrected chi connectivity index (χ3v) is 13.0. The number of hydrogen-bond donors (Lipinski definition) is 0. The quantitative estimate of drug-likeness (QED) is 0.167. The van der Waals surface area contributed by atoms with Crippen molar-refractivity contribution in [2.24, 2.45) is 0 Å². The second-order valence-corrected chi connectivity index (χ2v) is 16.0. The Kier molecular flexibility index (Phi) is 6.31. The van der Waals surface area contributed by atoms with Crippen LogP contribution in [0.4, 0.5) is 34.1 Å². The molecule has 3 aliphatic rings. The lowest BCUT2D eigenvalue weighted by Gasteiger charge is -2.46. The highest BCUT2D eigenvalue weighted by atomic mass is 16.5. The number of nitrogens with zero attached hydrogens (tertiary/aromatic N) is 4. The number of para-hydroxylation sites is 6. The Hall–Kier alpha value is -7.96. The van der Waals surface area contributed by atoms with Gasteiger partial charge in [0.25, 0.3) is 6.71 Å². The number of ether oxygens (including phenoxy) is 1. The van der Waals surface area contributed by atoms with Crippen molar-refractivity contribution in [3.05, 3.63) is 200 Å². The van der Waals surface area contributed by atoms with Crippen LogP contribution in [0.3, 0.4) is 0 Å². The van der Waals surface area contributed by atoms with Gasteiger partial charge in [0, 0.05) is 56.3 Å². The second-order valence-electron chi connectivity index (χ2n) is 16.0. The van der Waals surface area contributed by atoms with Crippen molar-refractivity contribution in [3.63, 3.8) is 0 Å². The number of fused-ring (bicyclic) bond motifs is 8. The molecule has 5 heterocycles. The molecule has 0 aliphatic carbocycles. The smallest absolute Gasteiger partial charge is 0.261 e. The minimum atomic E-state index is -0.0913. The van der Waals surface area contributed by atoms with E-state index in [0.29, 0.717) is 0 Å². The minimum Gasteiger partial charge on any atom is -0.457 e. The molecule has 0 N–H and O–H groups in total. The van der Waals surface area contributed by atoms with Crippen LogP contribution >= 0.6 is 0 Å². The molecule has 0 unspecified atom stereocenters. The monoisotopic (exact) mass is 764 g/mol. The lowest BCUT2D eigenvalue weighted by molar-refractivity contribution is 0.499. The maximum Gasteiger partial charge on any atom is 0.261 e. The molecule has 5 nitrogen and oxygen atoms in total. The van der Waals surface area contributed by atoms with Crippen molar-refractivity contribution in [2.75, 3.05) is 9.80 Å². The van der Waals surface area contributed by atoms with Gasteiger partial charge in [-0.05, 0) is 101 Å². The van der Waals surface area contributed by atoms with Gasteiger partial charge in [-0.3, -0.25) is 0 Å². The average Bonchev–Trinajstić information content (AvgIpc) is 3.83.